The molecule has 2 aromatic rings. The van der Waals surface area contributed by atoms with E-state index < -0.39 is 5.91 Å². The molecule has 25 heavy (non-hydrogen) atoms. The summed E-state index contributed by atoms with van der Waals surface area (Å²) in [4.78, 5) is 25.7. The van der Waals surface area contributed by atoms with Gasteiger partial charge in [0, 0.05) is 13.6 Å². The Kier molecular flexibility index (Phi) is 6.06. The van der Waals surface area contributed by atoms with Crippen molar-refractivity contribution in [1.82, 2.24) is 10.2 Å². The second kappa shape index (κ2) is 7.87. The van der Waals surface area contributed by atoms with Gasteiger partial charge in [-0.2, -0.15) is 0 Å². The van der Waals surface area contributed by atoms with Crippen LogP contribution in [0, 0.1) is 0 Å². The standard InChI is InChI=1S/C19H23BrN2O3/c1-19(2,3)14-7-5-13(6-8-14)12-22(4)17(23)11-21-18(24)15-9-10-16(20)25-15/h5-10H,11-12H2,1-4H3,(H,21,24). The second-order valence-electron chi connectivity index (χ2n) is 6.98. The lowest BCUT2D eigenvalue weighted by atomic mass is 9.87. The normalized spacial score (nSPS) is 11.2. The Morgan fingerprint density at radius 1 is 1.12 bits per heavy atom. The zero-order valence-electron chi connectivity index (χ0n) is 14.9. The summed E-state index contributed by atoms with van der Waals surface area (Å²) in [5.41, 5.74) is 2.40. The molecule has 0 bridgehead atoms. The highest BCUT2D eigenvalue weighted by atomic mass is 79.9. The molecule has 0 unspecified atom stereocenters. The van der Waals surface area contributed by atoms with Gasteiger partial charge in [0.25, 0.3) is 5.91 Å². The number of amides is 2. The number of nitrogens with zero attached hydrogens (tertiary/aromatic N) is 1. The van der Waals surface area contributed by atoms with Crippen molar-refractivity contribution >= 4 is 27.7 Å². The van der Waals surface area contributed by atoms with Crippen LogP contribution < -0.4 is 5.32 Å². The van der Waals surface area contributed by atoms with E-state index in [1.807, 2.05) is 12.1 Å². The number of carbonyl (C=O) groups excluding carboxylic acids is 2. The smallest absolute Gasteiger partial charge is 0.287 e. The number of nitrogens with one attached hydrogen (secondary N) is 1. The highest BCUT2D eigenvalue weighted by Crippen LogP contribution is 2.22. The lowest BCUT2D eigenvalue weighted by Gasteiger charge is -2.21. The summed E-state index contributed by atoms with van der Waals surface area (Å²) in [6.45, 7) is 6.91. The highest BCUT2D eigenvalue weighted by Gasteiger charge is 2.16. The van der Waals surface area contributed by atoms with Gasteiger partial charge in [0.2, 0.25) is 5.91 Å². The van der Waals surface area contributed by atoms with Gasteiger partial charge >= 0.3 is 0 Å². The highest BCUT2D eigenvalue weighted by molar-refractivity contribution is 9.10. The van der Waals surface area contributed by atoms with E-state index in [0.29, 0.717) is 11.2 Å². The van der Waals surface area contributed by atoms with Crippen LogP contribution in [0.5, 0.6) is 0 Å². The molecule has 0 aliphatic carbocycles. The number of hydrogen-bond acceptors (Lipinski definition) is 3. The Morgan fingerprint density at radius 3 is 2.28 bits per heavy atom. The molecule has 1 N–H and O–H groups in total. The van der Waals surface area contributed by atoms with Crippen molar-refractivity contribution in [3.05, 3.63) is 58.0 Å². The predicted octanol–water partition coefficient (Wildman–Crippen LogP) is 3.73. The minimum Gasteiger partial charge on any atom is -0.444 e. The van der Waals surface area contributed by atoms with Crippen molar-refractivity contribution in [2.45, 2.75) is 32.7 Å². The molecule has 0 saturated heterocycles. The third kappa shape index (κ3) is 5.46. The van der Waals surface area contributed by atoms with Crippen LogP contribution in [0.25, 0.3) is 0 Å². The first kappa shape index (κ1) is 19.2. The summed E-state index contributed by atoms with van der Waals surface area (Å²) < 4.78 is 5.62. The van der Waals surface area contributed by atoms with Crippen LogP contribution >= 0.6 is 15.9 Å². The molecule has 0 radical (unpaired) electrons. The lowest BCUT2D eigenvalue weighted by Crippen LogP contribution is -2.37. The van der Waals surface area contributed by atoms with Crippen LogP contribution in [0.4, 0.5) is 0 Å². The first-order valence-electron chi connectivity index (χ1n) is 8.04. The minimum absolute atomic E-state index is 0.0757. The second-order valence-corrected chi connectivity index (χ2v) is 7.76. The van der Waals surface area contributed by atoms with E-state index in [0.717, 1.165) is 5.56 Å². The maximum atomic E-state index is 12.2. The van der Waals surface area contributed by atoms with Crippen molar-refractivity contribution in [1.29, 1.82) is 0 Å². The maximum Gasteiger partial charge on any atom is 0.287 e. The number of furan rings is 1. The largest absolute Gasteiger partial charge is 0.444 e. The van der Waals surface area contributed by atoms with E-state index >= 15 is 0 Å². The van der Waals surface area contributed by atoms with E-state index in [1.165, 1.54) is 5.56 Å². The molecule has 1 heterocycles. The molecule has 0 atom stereocenters. The Morgan fingerprint density at radius 2 is 1.76 bits per heavy atom. The monoisotopic (exact) mass is 406 g/mol. The van der Waals surface area contributed by atoms with Crippen molar-refractivity contribution in [2.75, 3.05) is 13.6 Å². The molecule has 1 aromatic carbocycles. The number of carbonyl (C=O) groups is 2. The van der Waals surface area contributed by atoms with Crippen LogP contribution in [-0.4, -0.2) is 30.3 Å². The van der Waals surface area contributed by atoms with Gasteiger partial charge in [0.15, 0.2) is 10.4 Å². The van der Waals surface area contributed by atoms with Gasteiger partial charge in [-0.3, -0.25) is 9.59 Å². The lowest BCUT2D eigenvalue weighted by molar-refractivity contribution is -0.129. The fourth-order valence-electron chi connectivity index (χ4n) is 2.29. The van der Waals surface area contributed by atoms with Crippen molar-refractivity contribution in [2.24, 2.45) is 0 Å². The van der Waals surface area contributed by atoms with E-state index in [-0.39, 0.29) is 23.6 Å². The van der Waals surface area contributed by atoms with Crippen LogP contribution in [0.3, 0.4) is 0 Å². The van der Waals surface area contributed by atoms with Gasteiger partial charge in [-0.25, -0.2) is 0 Å². The minimum atomic E-state index is -0.415. The van der Waals surface area contributed by atoms with E-state index in [4.69, 9.17) is 4.42 Å². The third-order valence-corrected chi connectivity index (χ3v) is 4.29. The first-order valence-corrected chi connectivity index (χ1v) is 8.83. The molecular formula is C19H23BrN2O3. The van der Waals surface area contributed by atoms with Crippen LogP contribution in [-0.2, 0) is 16.8 Å². The van der Waals surface area contributed by atoms with Gasteiger partial charge in [0.05, 0.1) is 6.54 Å². The summed E-state index contributed by atoms with van der Waals surface area (Å²) in [6, 6.07) is 11.4. The Balaban J connectivity index is 1.86. The van der Waals surface area contributed by atoms with Gasteiger partial charge < -0.3 is 14.6 Å². The third-order valence-electron chi connectivity index (χ3n) is 3.86. The number of halogens is 1. The number of rotatable bonds is 5. The topological polar surface area (TPSA) is 62.6 Å². The van der Waals surface area contributed by atoms with Crippen molar-refractivity contribution in [3.63, 3.8) is 0 Å². The molecular weight excluding hydrogens is 384 g/mol. The quantitative estimate of drug-likeness (QED) is 0.822. The van der Waals surface area contributed by atoms with Gasteiger partial charge in [-0.05, 0) is 44.6 Å². The molecule has 2 rings (SSSR count). The zero-order valence-corrected chi connectivity index (χ0v) is 16.5. The Bertz CT molecular complexity index is 745. The molecule has 0 saturated carbocycles. The van der Waals surface area contributed by atoms with E-state index in [2.05, 4.69) is 54.2 Å². The molecule has 5 nitrogen and oxygen atoms in total. The molecule has 0 aliphatic heterocycles. The molecule has 2 amide bonds. The van der Waals surface area contributed by atoms with Gasteiger partial charge in [-0.1, -0.05) is 45.0 Å². The summed E-state index contributed by atoms with van der Waals surface area (Å²) in [6.07, 6.45) is 0. The van der Waals surface area contributed by atoms with Crippen LogP contribution in [0.1, 0.15) is 42.5 Å². The first-order chi connectivity index (χ1) is 11.7. The molecule has 1 aromatic heterocycles. The van der Waals surface area contributed by atoms with Crippen molar-refractivity contribution in [3.8, 4) is 0 Å². The maximum absolute atomic E-state index is 12.2. The SMILES string of the molecule is CN(Cc1ccc(C(C)(C)C)cc1)C(=O)CNC(=O)c1ccc(Br)o1. The molecule has 0 aliphatic rings. The number of hydrogen-bond donors (Lipinski definition) is 1. The molecule has 6 heteroatoms. The predicted molar refractivity (Wildman–Crippen MR) is 100 cm³/mol. The van der Waals surface area contributed by atoms with Gasteiger partial charge in [0.1, 0.15) is 0 Å². The molecule has 134 valence electrons. The molecule has 0 fully saturated rings. The van der Waals surface area contributed by atoms with E-state index in [1.54, 1.807) is 24.1 Å². The number of benzene rings is 1. The van der Waals surface area contributed by atoms with Gasteiger partial charge in [-0.15, -0.1) is 0 Å². The Hall–Kier alpha value is -2.08. The fraction of sp³-hybridized carbons (Fsp3) is 0.368. The van der Waals surface area contributed by atoms with E-state index in [9.17, 15) is 9.59 Å². The average molecular weight is 407 g/mol. The summed E-state index contributed by atoms with van der Waals surface area (Å²) in [5.74, 6) is -0.416. The van der Waals surface area contributed by atoms with Crippen LogP contribution in [0.2, 0.25) is 0 Å². The van der Waals surface area contributed by atoms with Crippen LogP contribution in [0.15, 0.2) is 45.5 Å². The fourth-order valence-corrected chi connectivity index (χ4v) is 2.59. The Labute approximate surface area is 156 Å². The van der Waals surface area contributed by atoms with Crippen molar-refractivity contribution < 1.29 is 14.0 Å². The molecule has 0 spiro atoms. The average Bonchev–Trinajstić information content (AvgIpc) is 2.98. The number of likely N-dealkylation sites (N-methyl/N-ethyl adjacent to an activating group) is 1. The summed E-state index contributed by atoms with van der Waals surface area (Å²) in [5, 5.41) is 2.56. The summed E-state index contributed by atoms with van der Waals surface area (Å²) in [7, 11) is 1.72. The summed E-state index contributed by atoms with van der Waals surface area (Å²) >= 11 is 3.14. The zero-order chi connectivity index (χ0) is 18.6.